The lowest BCUT2D eigenvalue weighted by Crippen LogP contribution is -1.92. The number of benzene rings is 1. The van der Waals surface area contributed by atoms with Crippen LogP contribution < -0.4 is 9.47 Å². The number of pyridine rings is 2. The highest BCUT2D eigenvalue weighted by atomic mass is 19.1. The second-order valence-electron chi connectivity index (χ2n) is 5.71. The molecule has 0 saturated carbocycles. The summed E-state index contributed by atoms with van der Waals surface area (Å²) in [6.45, 7) is 0. The lowest BCUT2D eigenvalue weighted by molar-refractivity contribution is 0.386. The molecule has 0 aliphatic rings. The van der Waals surface area contributed by atoms with Gasteiger partial charge in [-0.15, -0.1) is 0 Å². The lowest BCUT2D eigenvalue weighted by atomic mass is 9.99. The van der Waals surface area contributed by atoms with Crippen LogP contribution in [0, 0.1) is 5.82 Å². The van der Waals surface area contributed by atoms with Gasteiger partial charge in [-0.25, -0.2) is 4.39 Å². The second-order valence-corrected chi connectivity index (χ2v) is 5.71. The van der Waals surface area contributed by atoms with Crippen molar-refractivity contribution >= 4 is 11.0 Å². The minimum absolute atomic E-state index is 0.285. The van der Waals surface area contributed by atoms with Crippen molar-refractivity contribution in [3.63, 3.8) is 0 Å². The van der Waals surface area contributed by atoms with E-state index in [4.69, 9.17) is 9.47 Å². The number of nitrogens with zero attached hydrogens (tertiary/aromatic N) is 2. The molecule has 0 fully saturated rings. The molecular formula is C20H16FN3O2. The Bertz CT molecular complexity index is 1060. The number of aromatic amines is 1. The van der Waals surface area contributed by atoms with E-state index in [0.29, 0.717) is 17.3 Å². The second kappa shape index (κ2) is 6.48. The van der Waals surface area contributed by atoms with Crippen LogP contribution in [-0.2, 0) is 0 Å². The van der Waals surface area contributed by atoms with Gasteiger partial charge in [0.05, 0.1) is 25.3 Å². The molecule has 3 heterocycles. The van der Waals surface area contributed by atoms with Gasteiger partial charge in [0.1, 0.15) is 17.2 Å². The highest BCUT2D eigenvalue weighted by molar-refractivity contribution is 6.05. The van der Waals surface area contributed by atoms with E-state index in [0.717, 1.165) is 27.8 Å². The van der Waals surface area contributed by atoms with Crippen LogP contribution in [0.2, 0.25) is 0 Å². The standard InChI is InChI=1S/C20H16FN3O2/c1-25-15-11-16(26-2)23-20-18(15)17(12-7-9-22-10-8-12)19(24-20)13-3-5-14(21)6-4-13/h3-11H,1-2H3,(H,23,24). The van der Waals surface area contributed by atoms with Gasteiger partial charge in [0.15, 0.2) is 0 Å². The smallest absolute Gasteiger partial charge is 0.218 e. The zero-order valence-corrected chi connectivity index (χ0v) is 14.3. The molecule has 6 heteroatoms. The fraction of sp³-hybridized carbons (Fsp3) is 0.100. The molecule has 0 aliphatic carbocycles. The molecule has 0 unspecified atom stereocenters. The molecule has 0 bridgehead atoms. The van der Waals surface area contributed by atoms with Crippen LogP contribution in [0.5, 0.6) is 11.6 Å². The van der Waals surface area contributed by atoms with Crippen LogP contribution in [-0.4, -0.2) is 29.2 Å². The first-order valence-corrected chi connectivity index (χ1v) is 8.02. The molecule has 0 aliphatic heterocycles. The van der Waals surface area contributed by atoms with Crippen molar-refractivity contribution in [2.75, 3.05) is 14.2 Å². The summed E-state index contributed by atoms with van der Waals surface area (Å²) >= 11 is 0. The first-order chi connectivity index (χ1) is 12.7. The largest absolute Gasteiger partial charge is 0.496 e. The molecule has 26 heavy (non-hydrogen) atoms. The summed E-state index contributed by atoms with van der Waals surface area (Å²) in [5.41, 5.74) is 4.17. The van der Waals surface area contributed by atoms with Gasteiger partial charge in [-0.2, -0.15) is 4.98 Å². The zero-order chi connectivity index (χ0) is 18.1. The Morgan fingerprint density at radius 2 is 1.65 bits per heavy atom. The minimum Gasteiger partial charge on any atom is -0.496 e. The normalized spacial score (nSPS) is 10.9. The number of nitrogens with one attached hydrogen (secondary N) is 1. The highest BCUT2D eigenvalue weighted by Crippen LogP contribution is 2.42. The van der Waals surface area contributed by atoms with E-state index in [1.165, 1.54) is 12.1 Å². The highest BCUT2D eigenvalue weighted by Gasteiger charge is 2.20. The van der Waals surface area contributed by atoms with Crippen LogP contribution >= 0.6 is 0 Å². The molecule has 3 aromatic heterocycles. The third kappa shape index (κ3) is 2.65. The maximum Gasteiger partial charge on any atom is 0.218 e. The summed E-state index contributed by atoms with van der Waals surface area (Å²) in [5, 5.41) is 0.832. The van der Waals surface area contributed by atoms with E-state index in [9.17, 15) is 4.39 Å². The fourth-order valence-corrected chi connectivity index (χ4v) is 3.04. The molecule has 4 rings (SSSR count). The van der Waals surface area contributed by atoms with E-state index >= 15 is 0 Å². The Kier molecular flexibility index (Phi) is 4.01. The van der Waals surface area contributed by atoms with Gasteiger partial charge in [0.25, 0.3) is 0 Å². The van der Waals surface area contributed by atoms with Crippen LogP contribution in [0.3, 0.4) is 0 Å². The van der Waals surface area contributed by atoms with Crippen molar-refractivity contribution in [3.05, 3.63) is 60.7 Å². The Morgan fingerprint density at radius 1 is 0.923 bits per heavy atom. The van der Waals surface area contributed by atoms with Gasteiger partial charge < -0.3 is 14.5 Å². The first kappa shape index (κ1) is 16.1. The van der Waals surface area contributed by atoms with Gasteiger partial charge in [-0.05, 0) is 47.5 Å². The summed E-state index contributed by atoms with van der Waals surface area (Å²) in [7, 11) is 3.16. The lowest BCUT2D eigenvalue weighted by Gasteiger charge is -2.08. The van der Waals surface area contributed by atoms with E-state index in [-0.39, 0.29) is 5.82 Å². The Labute approximate surface area is 149 Å². The summed E-state index contributed by atoms with van der Waals surface area (Å²) < 4.78 is 24.2. The average molecular weight is 349 g/mol. The van der Waals surface area contributed by atoms with Crippen molar-refractivity contribution in [1.29, 1.82) is 0 Å². The average Bonchev–Trinajstić information content (AvgIpc) is 3.07. The fourth-order valence-electron chi connectivity index (χ4n) is 3.04. The van der Waals surface area contributed by atoms with Crippen LogP contribution in [0.15, 0.2) is 54.9 Å². The van der Waals surface area contributed by atoms with Crippen molar-refractivity contribution in [2.45, 2.75) is 0 Å². The third-order valence-corrected chi connectivity index (χ3v) is 4.23. The summed E-state index contributed by atoms with van der Waals surface area (Å²) in [6.07, 6.45) is 3.46. The number of halogens is 1. The van der Waals surface area contributed by atoms with Crippen LogP contribution in [0.1, 0.15) is 0 Å². The molecule has 130 valence electrons. The number of ether oxygens (including phenoxy) is 2. The van der Waals surface area contributed by atoms with Gasteiger partial charge in [-0.1, -0.05) is 0 Å². The molecular weight excluding hydrogens is 333 g/mol. The van der Waals surface area contributed by atoms with Crippen molar-refractivity contribution in [3.8, 4) is 34.0 Å². The Hall–Kier alpha value is -3.41. The summed E-state index contributed by atoms with van der Waals surface area (Å²) in [4.78, 5) is 11.9. The molecule has 1 aromatic carbocycles. The number of methoxy groups -OCH3 is 2. The molecule has 1 N–H and O–H groups in total. The van der Waals surface area contributed by atoms with E-state index in [1.807, 2.05) is 12.1 Å². The first-order valence-electron chi connectivity index (χ1n) is 8.02. The maximum absolute atomic E-state index is 13.4. The number of H-pyrrole nitrogens is 1. The van der Waals surface area contributed by atoms with Gasteiger partial charge in [-0.3, -0.25) is 4.98 Å². The number of hydrogen-bond acceptors (Lipinski definition) is 4. The number of fused-ring (bicyclic) bond motifs is 1. The molecule has 0 saturated heterocycles. The van der Waals surface area contributed by atoms with Gasteiger partial charge in [0, 0.05) is 24.0 Å². The molecule has 4 aromatic rings. The monoisotopic (exact) mass is 349 g/mol. The van der Waals surface area contributed by atoms with Gasteiger partial charge >= 0.3 is 0 Å². The van der Waals surface area contributed by atoms with Crippen LogP contribution in [0.25, 0.3) is 33.4 Å². The van der Waals surface area contributed by atoms with Crippen LogP contribution in [0.4, 0.5) is 4.39 Å². The zero-order valence-electron chi connectivity index (χ0n) is 14.3. The van der Waals surface area contributed by atoms with E-state index in [1.54, 1.807) is 44.8 Å². The quantitative estimate of drug-likeness (QED) is 0.591. The van der Waals surface area contributed by atoms with E-state index < -0.39 is 0 Å². The summed E-state index contributed by atoms with van der Waals surface area (Å²) in [6, 6.07) is 11.9. The van der Waals surface area contributed by atoms with Crippen molar-refractivity contribution in [1.82, 2.24) is 15.0 Å². The van der Waals surface area contributed by atoms with Crippen molar-refractivity contribution in [2.24, 2.45) is 0 Å². The molecule has 0 atom stereocenters. The Balaban J connectivity index is 2.09. The molecule has 0 spiro atoms. The third-order valence-electron chi connectivity index (χ3n) is 4.23. The Morgan fingerprint density at radius 3 is 2.31 bits per heavy atom. The van der Waals surface area contributed by atoms with Gasteiger partial charge in [0.2, 0.25) is 5.88 Å². The number of aromatic nitrogens is 3. The predicted molar refractivity (Wildman–Crippen MR) is 97.8 cm³/mol. The maximum atomic E-state index is 13.4. The summed E-state index contributed by atoms with van der Waals surface area (Å²) in [5.74, 6) is 0.804. The topological polar surface area (TPSA) is 60.0 Å². The molecule has 0 radical (unpaired) electrons. The molecule has 0 amide bonds. The van der Waals surface area contributed by atoms with E-state index in [2.05, 4.69) is 15.0 Å². The SMILES string of the molecule is COc1cc(OC)c2c(-c3ccncc3)c(-c3ccc(F)cc3)[nH]c2n1. The number of rotatable bonds is 4. The van der Waals surface area contributed by atoms with Crippen molar-refractivity contribution < 1.29 is 13.9 Å². The molecule has 5 nitrogen and oxygen atoms in total. The minimum atomic E-state index is -0.285. The number of hydrogen-bond donors (Lipinski definition) is 1. The predicted octanol–water partition coefficient (Wildman–Crippen LogP) is 4.45.